The van der Waals surface area contributed by atoms with Crippen molar-refractivity contribution in [3.05, 3.63) is 11.3 Å². The smallest absolute Gasteiger partial charge is 0.150 e. The van der Waals surface area contributed by atoms with E-state index in [1.165, 1.54) is 6.33 Å². The lowest BCUT2D eigenvalue weighted by atomic mass is 9.83. The molecule has 0 aliphatic heterocycles. The first-order valence-corrected chi connectivity index (χ1v) is 6.07. The Kier molecular flexibility index (Phi) is 4.96. The Morgan fingerprint density at radius 2 is 2.06 bits per heavy atom. The Bertz CT molecular complexity index is 360. The van der Waals surface area contributed by atoms with Gasteiger partial charge in [0.1, 0.15) is 23.0 Å². The van der Waals surface area contributed by atoms with Crippen molar-refractivity contribution in [2.45, 2.75) is 26.7 Å². The van der Waals surface area contributed by atoms with Crippen LogP contribution in [0.2, 0.25) is 5.02 Å². The van der Waals surface area contributed by atoms with Gasteiger partial charge in [-0.3, -0.25) is 0 Å². The fraction of sp³-hybridized carbons (Fsp3) is 0.636. The van der Waals surface area contributed by atoms with Crippen LogP contribution in [0.1, 0.15) is 26.7 Å². The molecular formula is C11H19ClN4O. The molecule has 0 saturated carbocycles. The van der Waals surface area contributed by atoms with E-state index in [2.05, 4.69) is 29.1 Å². The third kappa shape index (κ3) is 3.20. The summed E-state index contributed by atoms with van der Waals surface area (Å²) in [5, 5.41) is 12.9. The SMILES string of the molecule is CCC(CC)(CO)CNc1ncnc(N)c1Cl. The second-order valence-corrected chi connectivity index (χ2v) is 4.52. The second kappa shape index (κ2) is 6.02. The van der Waals surface area contributed by atoms with Crippen molar-refractivity contribution in [2.75, 3.05) is 24.2 Å². The molecule has 0 saturated heterocycles. The Hall–Kier alpha value is -1.07. The van der Waals surface area contributed by atoms with Crippen molar-refractivity contribution >= 4 is 23.2 Å². The fourth-order valence-corrected chi connectivity index (χ4v) is 1.72. The lowest BCUT2D eigenvalue weighted by Crippen LogP contribution is -2.32. The fourth-order valence-electron chi connectivity index (χ4n) is 1.56. The zero-order chi connectivity index (χ0) is 12.9. The van der Waals surface area contributed by atoms with Crippen molar-refractivity contribution in [1.82, 2.24) is 9.97 Å². The topological polar surface area (TPSA) is 84.1 Å². The van der Waals surface area contributed by atoms with Gasteiger partial charge in [0.25, 0.3) is 0 Å². The molecule has 0 amide bonds. The maximum atomic E-state index is 9.45. The quantitative estimate of drug-likeness (QED) is 0.726. The van der Waals surface area contributed by atoms with E-state index in [0.717, 1.165) is 12.8 Å². The van der Waals surface area contributed by atoms with Gasteiger partial charge in [-0.05, 0) is 12.8 Å². The molecule has 1 aromatic rings. The summed E-state index contributed by atoms with van der Waals surface area (Å²) >= 11 is 5.98. The highest BCUT2D eigenvalue weighted by molar-refractivity contribution is 6.35. The first-order valence-electron chi connectivity index (χ1n) is 5.69. The van der Waals surface area contributed by atoms with Crippen LogP contribution in [0.25, 0.3) is 0 Å². The van der Waals surface area contributed by atoms with Gasteiger partial charge in [-0.1, -0.05) is 25.4 Å². The largest absolute Gasteiger partial charge is 0.396 e. The van der Waals surface area contributed by atoms with Crippen LogP contribution in [0.3, 0.4) is 0 Å². The van der Waals surface area contributed by atoms with Crippen molar-refractivity contribution in [3.8, 4) is 0 Å². The zero-order valence-corrected chi connectivity index (χ0v) is 11.0. The standard InChI is InChI=1S/C11H19ClN4O/c1-3-11(4-2,6-17)5-14-10-8(12)9(13)15-7-16-10/h7,17H,3-6H2,1-2H3,(H3,13,14,15,16). The summed E-state index contributed by atoms with van der Waals surface area (Å²) in [6, 6.07) is 0. The van der Waals surface area contributed by atoms with E-state index in [-0.39, 0.29) is 17.8 Å². The molecular weight excluding hydrogens is 240 g/mol. The minimum atomic E-state index is -0.150. The number of nitrogens with two attached hydrogens (primary N) is 1. The molecule has 1 aromatic heterocycles. The van der Waals surface area contributed by atoms with Gasteiger partial charge in [0.15, 0.2) is 0 Å². The maximum absolute atomic E-state index is 9.45. The number of aliphatic hydroxyl groups excluding tert-OH is 1. The van der Waals surface area contributed by atoms with E-state index in [0.29, 0.717) is 17.4 Å². The van der Waals surface area contributed by atoms with Crippen molar-refractivity contribution in [2.24, 2.45) is 5.41 Å². The van der Waals surface area contributed by atoms with Gasteiger partial charge in [-0.15, -0.1) is 0 Å². The van der Waals surface area contributed by atoms with Gasteiger partial charge in [0.05, 0.1) is 6.61 Å². The van der Waals surface area contributed by atoms with Gasteiger partial charge in [0, 0.05) is 12.0 Å². The van der Waals surface area contributed by atoms with Crippen LogP contribution in [0, 0.1) is 5.41 Å². The second-order valence-electron chi connectivity index (χ2n) is 4.14. The molecule has 0 bridgehead atoms. The van der Waals surface area contributed by atoms with Gasteiger partial charge in [-0.2, -0.15) is 0 Å². The Labute approximate surface area is 106 Å². The molecule has 6 heteroatoms. The number of aromatic nitrogens is 2. The molecule has 5 nitrogen and oxygen atoms in total. The van der Waals surface area contributed by atoms with Crippen LogP contribution in [0.5, 0.6) is 0 Å². The summed E-state index contributed by atoms with van der Waals surface area (Å²) in [5.41, 5.74) is 5.44. The average Bonchev–Trinajstić information content (AvgIpc) is 2.36. The van der Waals surface area contributed by atoms with Crippen LogP contribution in [-0.2, 0) is 0 Å². The maximum Gasteiger partial charge on any atom is 0.150 e. The molecule has 0 aliphatic carbocycles. The zero-order valence-electron chi connectivity index (χ0n) is 10.2. The molecule has 1 rings (SSSR count). The third-order valence-corrected chi connectivity index (χ3v) is 3.66. The van der Waals surface area contributed by atoms with Gasteiger partial charge in [-0.25, -0.2) is 9.97 Å². The summed E-state index contributed by atoms with van der Waals surface area (Å²) in [4.78, 5) is 7.82. The highest BCUT2D eigenvalue weighted by atomic mass is 35.5. The third-order valence-electron chi connectivity index (χ3n) is 3.28. The van der Waals surface area contributed by atoms with E-state index < -0.39 is 0 Å². The van der Waals surface area contributed by atoms with E-state index in [4.69, 9.17) is 17.3 Å². The van der Waals surface area contributed by atoms with Crippen LogP contribution < -0.4 is 11.1 Å². The predicted molar refractivity (Wildman–Crippen MR) is 70.0 cm³/mol. The van der Waals surface area contributed by atoms with E-state index in [1.54, 1.807) is 0 Å². The Balaban J connectivity index is 2.75. The summed E-state index contributed by atoms with van der Waals surface area (Å²) < 4.78 is 0. The average molecular weight is 259 g/mol. The number of nitrogens with one attached hydrogen (secondary N) is 1. The number of anilines is 2. The molecule has 4 N–H and O–H groups in total. The van der Waals surface area contributed by atoms with E-state index >= 15 is 0 Å². The van der Waals surface area contributed by atoms with E-state index in [9.17, 15) is 5.11 Å². The molecule has 0 aliphatic rings. The lowest BCUT2D eigenvalue weighted by molar-refractivity contribution is 0.127. The highest BCUT2D eigenvalue weighted by Gasteiger charge is 2.25. The van der Waals surface area contributed by atoms with Gasteiger partial charge < -0.3 is 16.2 Å². The molecule has 0 radical (unpaired) electrons. The molecule has 96 valence electrons. The number of rotatable bonds is 6. The van der Waals surface area contributed by atoms with Crippen molar-refractivity contribution in [3.63, 3.8) is 0 Å². The van der Waals surface area contributed by atoms with Crippen molar-refractivity contribution < 1.29 is 5.11 Å². The number of nitrogens with zero attached hydrogens (tertiary/aromatic N) is 2. The van der Waals surface area contributed by atoms with E-state index in [1.807, 2.05) is 0 Å². The minimum absolute atomic E-state index is 0.130. The number of hydrogen-bond donors (Lipinski definition) is 3. The molecule has 0 spiro atoms. The highest BCUT2D eigenvalue weighted by Crippen LogP contribution is 2.28. The monoisotopic (exact) mass is 258 g/mol. The van der Waals surface area contributed by atoms with Crippen molar-refractivity contribution in [1.29, 1.82) is 0 Å². The summed E-state index contributed by atoms with van der Waals surface area (Å²) in [6.45, 7) is 4.84. The molecule has 0 aromatic carbocycles. The predicted octanol–water partition coefficient (Wildman–Crippen LogP) is 1.92. The summed E-state index contributed by atoms with van der Waals surface area (Å²) in [6.07, 6.45) is 3.12. The van der Waals surface area contributed by atoms with Gasteiger partial charge in [0.2, 0.25) is 0 Å². The number of aliphatic hydroxyl groups is 1. The lowest BCUT2D eigenvalue weighted by Gasteiger charge is -2.29. The number of hydrogen-bond acceptors (Lipinski definition) is 5. The number of nitrogen functional groups attached to an aromatic ring is 1. The van der Waals surface area contributed by atoms with Crippen LogP contribution in [0.15, 0.2) is 6.33 Å². The first kappa shape index (κ1) is 14.0. The Morgan fingerprint density at radius 1 is 1.41 bits per heavy atom. The van der Waals surface area contributed by atoms with Crippen LogP contribution in [-0.4, -0.2) is 28.2 Å². The normalized spacial score (nSPS) is 11.5. The first-order chi connectivity index (χ1) is 8.08. The van der Waals surface area contributed by atoms with Crippen LogP contribution >= 0.6 is 11.6 Å². The summed E-state index contributed by atoms with van der Waals surface area (Å²) in [5.74, 6) is 0.769. The van der Waals surface area contributed by atoms with Crippen LogP contribution in [0.4, 0.5) is 11.6 Å². The van der Waals surface area contributed by atoms with Gasteiger partial charge >= 0.3 is 0 Å². The molecule has 1 heterocycles. The molecule has 0 fully saturated rings. The molecule has 0 unspecified atom stereocenters. The number of halogens is 1. The molecule has 17 heavy (non-hydrogen) atoms. The molecule has 0 atom stereocenters. The minimum Gasteiger partial charge on any atom is -0.396 e. The summed E-state index contributed by atoms with van der Waals surface area (Å²) in [7, 11) is 0. The Morgan fingerprint density at radius 3 is 2.59 bits per heavy atom.